The molecule has 4 atom stereocenters. The van der Waals surface area contributed by atoms with Crippen molar-refractivity contribution in [2.75, 3.05) is 6.61 Å². The van der Waals surface area contributed by atoms with E-state index in [2.05, 4.69) is 6.92 Å². The van der Waals surface area contributed by atoms with Crippen molar-refractivity contribution in [2.45, 2.75) is 51.9 Å². The lowest BCUT2D eigenvalue weighted by atomic mass is 10.1. The predicted molar refractivity (Wildman–Crippen MR) is 59.0 cm³/mol. The van der Waals surface area contributed by atoms with Crippen LogP contribution >= 0.6 is 0 Å². The average Bonchev–Trinajstić information content (AvgIpc) is 3.06. The Balaban J connectivity index is 1.50. The highest BCUT2D eigenvalue weighted by Crippen LogP contribution is 2.53. The van der Waals surface area contributed by atoms with E-state index >= 15 is 0 Å². The first-order valence-electron chi connectivity index (χ1n) is 6.46. The van der Waals surface area contributed by atoms with Crippen molar-refractivity contribution in [3.05, 3.63) is 0 Å². The van der Waals surface area contributed by atoms with Crippen LogP contribution in [-0.4, -0.2) is 11.7 Å². The zero-order valence-electron chi connectivity index (χ0n) is 9.41. The van der Waals surface area contributed by atoms with Gasteiger partial charge in [0, 0.05) is 6.61 Å². The molecule has 0 aromatic carbocycles. The first-order valence-corrected chi connectivity index (χ1v) is 6.46. The van der Waals surface area contributed by atoms with Crippen LogP contribution in [0.2, 0.25) is 0 Å². The van der Waals surface area contributed by atoms with E-state index in [1.165, 1.54) is 44.9 Å². The number of rotatable bonds is 7. The second-order valence-corrected chi connectivity index (χ2v) is 5.43. The van der Waals surface area contributed by atoms with Gasteiger partial charge in [-0.1, -0.05) is 32.6 Å². The van der Waals surface area contributed by atoms with Crippen molar-refractivity contribution in [2.24, 2.45) is 23.7 Å². The Labute approximate surface area is 87.9 Å². The Kier molecular flexibility index (Phi) is 3.48. The minimum atomic E-state index is 0.442. The molecule has 0 heterocycles. The maximum Gasteiger partial charge on any atom is 0.0462 e. The van der Waals surface area contributed by atoms with Gasteiger partial charge in [0.2, 0.25) is 0 Å². The molecule has 0 amide bonds. The lowest BCUT2D eigenvalue weighted by Gasteiger charge is -1.99. The summed E-state index contributed by atoms with van der Waals surface area (Å²) in [7, 11) is 0. The van der Waals surface area contributed by atoms with Crippen LogP contribution in [0.4, 0.5) is 0 Å². The van der Waals surface area contributed by atoms with Gasteiger partial charge in [-0.25, -0.2) is 0 Å². The van der Waals surface area contributed by atoms with Gasteiger partial charge in [0.05, 0.1) is 0 Å². The lowest BCUT2D eigenvalue weighted by molar-refractivity contribution is 0.266. The Morgan fingerprint density at radius 2 is 1.71 bits per heavy atom. The van der Waals surface area contributed by atoms with E-state index in [9.17, 15) is 0 Å². The van der Waals surface area contributed by atoms with Gasteiger partial charge < -0.3 is 5.11 Å². The Morgan fingerprint density at radius 3 is 2.36 bits per heavy atom. The van der Waals surface area contributed by atoms with Gasteiger partial charge in [-0.2, -0.15) is 0 Å². The molecule has 1 N–H and O–H groups in total. The van der Waals surface area contributed by atoms with Crippen molar-refractivity contribution in [1.29, 1.82) is 0 Å². The number of aliphatic hydroxyl groups excluding tert-OH is 1. The molecule has 2 aliphatic rings. The Hall–Kier alpha value is -0.0400. The van der Waals surface area contributed by atoms with Crippen molar-refractivity contribution in [3.63, 3.8) is 0 Å². The van der Waals surface area contributed by atoms with Crippen LogP contribution in [0.3, 0.4) is 0 Å². The quantitative estimate of drug-likeness (QED) is 0.620. The van der Waals surface area contributed by atoms with Gasteiger partial charge >= 0.3 is 0 Å². The van der Waals surface area contributed by atoms with Crippen LogP contribution in [0.25, 0.3) is 0 Å². The SMILES string of the molecule is CCCCC[C@H]1C[C@H]1CC1CC1CO. The molecule has 0 radical (unpaired) electrons. The third-order valence-electron chi connectivity index (χ3n) is 4.16. The van der Waals surface area contributed by atoms with Crippen molar-refractivity contribution >= 4 is 0 Å². The Bertz CT molecular complexity index is 178. The molecular formula is C13H24O. The highest BCUT2D eigenvalue weighted by molar-refractivity contribution is 4.94. The summed E-state index contributed by atoms with van der Waals surface area (Å²) in [6.07, 6.45) is 9.95. The van der Waals surface area contributed by atoms with E-state index in [1.54, 1.807) is 0 Å². The average molecular weight is 196 g/mol. The van der Waals surface area contributed by atoms with Gasteiger partial charge in [0.1, 0.15) is 0 Å². The molecule has 2 fully saturated rings. The van der Waals surface area contributed by atoms with E-state index < -0.39 is 0 Å². The molecule has 0 saturated heterocycles. The minimum Gasteiger partial charge on any atom is -0.396 e. The van der Waals surface area contributed by atoms with E-state index in [-0.39, 0.29) is 0 Å². The number of hydrogen-bond donors (Lipinski definition) is 1. The maximum atomic E-state index is 8.95. The van der Waals surface area contributed by atoms with Gasteiger partial charge in [0.25, 0.3) is 0 Å². The minimum absolute atomic E-state index is 0.442. The summed E-state index contributed by atoms with van der Waals surface area (Å²) >= 11 is 0. The summed E-state index contributed by atoms with van der Waals surface area (Å²) in [4.78, 5) is 0. The van der Waals surface area contributed by atoms with Crippen LogP contribution in [0.5, 0.6) is 0 Å². The molecule has 0 spiro atoms. The van der Waals surface area contributed by atoms with Crippen LogP contribution in [0, 0.1) is 23.7 Å². The highest BCUT2D eigenvalue weighted by atomic mass is 16.3. The van der Waals surface area contributed by atoms with Crippen molar-refractivity contribution < 1.29 is 5.11 Å². The Morgan fingerprint density at radius 1 is 1.00 bits per heavy atom. The van der Waals surface area contributed by atoms with Gasteiger partial charge in [-0.15, -0.1) is 0 Å². The highest BCUT2D eigenvalue weighted by Gasteiger charge is 2.44. The first-order chi connectivity index (χ1) is 6.85. The summed E-state index contributed by atoms with van der Waals surface area (Å²) in [5, 5.41) is 8.95. The van der Waals surface area contributed by atoms with E-state index in [0.29, 0.717) is 12.5 Å². The molecule has 2 aliphatic carbocycles. The summed E-state index contributed by atoms with van der Waals surface area (Å²) in [6.45, 7) is 2.72. The molecule has 0 aliphatic heterocycles. The molecule has 2 unspecified atom stereocenters. The van der Waals surface area contributed by atoms with E-state index in [0.717, 1.165) is 17.8 Å². The zero-order valence-corrected chi connectivity index (χ0v) is 9.41. The van der Waals surface area contributed by atoms with Crippen LogP contribution < -0.4 is 0 Å². The van der Waals surface area contributed by atoms with Gasteiger partial charge in [-0.05, 0) is 42.9 Å². The topological polar surface area (TPSA) is 20.2 Å². The zero-order chi connectivity index (χ0) is 9.97. The van der Waals surface area contributed by atoms with Crippen molar-refractivity contribution in [1.82, 2.24) is 0 Å². The fourth-order valence-electron chi connectivity index (χ4n) is 2.82. The molecule has 2 rings (SSSR count). The second-order valence-electron chi connectivity index (χ2n) is 5.43. The molecule has 14 heavy (non-hydrogen) atoms. The summed E-state index contributed by atoms with van der Waals surface area (Å²) in [6, 6.07) is 0. The summed E-state index contributed by atoms with van der Waals surface area (Å²) < 4.78 is 0. The van der Waals surface area contributed by atoms with Crippen molar-refractivity contribution in [3.8, 4) is 0 Å². The standard InChI is InChI=1S/C13H24O/c1-2-3-4-5-10-6-11(10)7-12-8-13(12)9-14/h10-14H,2-9H2,1H3/t10-,11-,12?,13?/m0/s1. The maximum absolute atomic E-state index is 8.95. The first kappa shape index (κ1) is 10.5. The van der Waals surface area contributed by atoms with Crippen LogP contribution in [0.15, 0.2) is 0 Å². The molecule has 1 heteroatoms. The van der Waals surface area contributed by atoms with Crippen LogP contribution in [0.1, 0.15) is 51.9 Å². The monoisotopic (exact) mass is 196 g/mol. The molecule has 0 bridgehead atoms. The largest absolute Gasteiger partial charge is 0.396 e. The molecule has 1 nitrogen and oxygen atoms in total. The van der Waals surface area contributed by atoms with E-state index in [4.69, 9.17) is 5.11 Å². The molecule has 0 aromatic rings. The third kappa shape index (κ3) is 2.73. The molecule has 82 valence electrons. The van der Waals surface area contributed by atoms with E-state index in [1.807, 2.05) is 0 Å². The summed E-state index contributed by atoms with van der Waals surface area (Å²) in [5.41, 5.74) is 0. The number of hydrogen-bond acceptors (Lipinski definition) is 1. The fourth-order valence-corrected chi connectivity index (χ4v) is 2.82. The van der Waals surface area contributed by atoms with Crippen LogP contribution in [-0.2, 0) is 0 Å². The smallest absolute Gasteiger partial charge is 0.0462 e. The van der Waals surface area contributed by atoms with Gasteiger partial charge in [-0.3, -0.25) is 0 Å². The van der Waals surface area contributed by atoms with Gasteiger partial charge in [0.15, 0.2) is 0 Å². The third-order valence-corrected chi connectivity index (χ3v) is 4.16. The second kappa shape index (κ2) is 4.65. The number of aliphatic hydroxyl groups is 1. The predicted octanol–water partition coefficient (Wildman–Crippen LogP) is 3.22. The fraction of sp³-hybridized carbons (Fsp3) is 1.00. The number of unbranched alkanes of at least 4 members (excludes halogenated alkanes) is 2. The molecule has 0 aromatic heterocycles. The summed E-state index contributed by atoms with van der Waals surface area (Å²) in [5.74, 6) is 3.71. The molecule has 2 saturated carbocycles. The lowest BCUT2D eigenvalue weighted by Crippen LogP contribution is -1.91. The molecular weight excluding hydrogens is 172 g/mol. The normalized spacial score (nSPS) is 39.9.